The van der Waals surface area contributed by atoms with Gasteiger partial charge in [0.2, 0.25) is 5.43 Å². The van der Waals surface area contributed by atoms with Crippen LogP contribution in [0.3, 0.4) is 0 Å². The zero-order valence-corrected chi connectivity index (χ0v) is 18.3. The third-order valence-electron chi connectivity index (χ3n) is 5.58. The number of aryl methyl sites for hydroxylation is 1. The molecule has 2 aromatic carbocycles. The third kappa shape index (κ3) is 3.98. The quantitative estimate of drug-likeness (QED) is 0.531. The predicted molar refractivity (Wildman–Crippen MR) is 118 cm³/mol. The Balaban J connectivity index is 1.78. The first-order chi connectivity index (χ1) is 15.1. The Morgan fingerprint density at radius 1 is 1.06 bits per heavy atom. The molecule has 0 N–H and O–H groups in total. The largest absolute Gasteiger partial charge is 0.493 e. The van der Waals surface area contributed by atoms with Gasteiger partial charge >= 0.3 is 0 Å². The first-order valence-corrected chi connectivity index (χ1v) is 10.2. The van der Waals surface area contributed by atoms with Crippen LogP contribution in [0.1, 0.15) is 17.7 Å². The summed E-state index contributed by atoms with van der Waals surface area (Å²) in [5, 5.41) is 0.538. The van der Waals surface area contributed by atoms with Crippen LogP contribution >= 0.6 is 0 Å². The highest BCUT2D eigenvalue weighted by Gasteiger charge is 2.24. The highest BCUT2D eigenvalue weighted by Crippen LogP contribution is 2.36. The highest BCUT2D eigenvalue weighted by molar-refractivity contribution is 5.87. The molecule has 0 spiro atoms. The fourth-order valence-electron chi connectivity index (χ4n) is 4.02. The van der Waals surface area contributed by atoms with Crippen molar-refractivity contribution < 1.29 is 23.4 Å². The van der Waals surface area contributed by atoms with Crippen LogP contribution in [0.5, 0.6) is 17.2 Å². The van der Waals surface area contributed by atoms with Gasteiger partial charge in [0.25, 0.3) is 0 Å². The number of methoxy groups -OCH3 is 3. The Morgan fingerprint density at radius 3 is 2.61 bits per heavy atom. The van der Waals surface area contributed by atoms with E-state index in [1.54, 1.807) is 39.5 Å². The smallest absolute Gasteiger partial charge is 0.200 e. The zero-order valence-electron chi connectivity index (χ0n) is 18.3. The molecule has 0 bridgehead atoms. The number of rotatable bonds is 7. The van der Waals surface area contributed by atoms with Gasteiger partial charge in [-0.3, -0.25) is 9.69 Å². The second-order valence-electron chi connectivity index (χ2n) is 7.52. The van der Waals surface area contributed by atoms with E-state index < -0.39 is 0 Å². The normalized spacial score (nSPS) is 13.7. The molecule has 2 heterocycles. The molecule has 0 atom stereocenters. The first-order valence-electron chi connectivity index (χ1n) is 10.2. The van der Waals surface area contributed by atoms with Crippen molar-refractivity contribution in [3.8, 4) is 28.4 Å². The molecule has 0 saturated carbocycles. The van der Waals surface area contributed by atoms with E-state index >= 15 is 0 Å². The van der Waals surface area contributed by atoms with Crippen molar-refractivity contribution in [1.29, 1.82) is 0 Å². The third-order valence-corrected chi connectivity index (χ3v) is 5.58. The van der Waals surface area contributed by atoms with E-state index in [0.717, 1.165) is 29.8 Å². The maximum absolute atomic E-state index is 13.5. The van der Waals surface area contributed by atoms with Crippen LogP contribution in [0.4, 0.5) is 0 Å². The minimum atomic E-state index is -0.0784. The summed E-state index contributed by atoms with van der Waals surface area (Å²) in [7, 11) is 4.85. The second kappa shape index (κ2) is 8.99. The topological polar surface area (TPSA) is 70.4 Å². The van der Waals surface area contributed by atoms with Gasteiger partial charge in [0.05, 0.1) is 30.7 Å². The van der Waals surface area contributed by atoms with Gasteiger partial charge in [-0.25, -0.2) is 0 Å². The van der Waals surface area contributed by atoms with E-state index in [2.05, 4.69) is 4.90 Å². The summed E-state index contributed by atoms with van der Waals surface area (Å²) >= 11 is 0. The summed E-state index contributed by atoms with van der Waals surface area (Å²) in [5.41, 5.74) is 2.65. The van der Waals surface area contributed by atoms with E-state index in [4.69, 9.17) is 23.4 Å². The van der Waals surface area contributed by atoms with Crippen LogP contribution in [-0.4, -0.2) is 46.1 Å². The van der Waals surface area contributed by atoms with Gasteiger partial charge in [-0.15, -0.1) is 0 Å². The lowest BCUT2D eigenvalue weighted by Crippen LogP contribution is -2.33. The number of fused-ring (bicyclic) bond motifs is 3. The lowest BCUT2D eigenvalue weighted by Gasteiger charge is -2.29. The molecule has 1 aliphatic heterocycles. The van der Waals surface area contributed by atoms with Gasteiger partial charge in [0.15, 0.2) is 11.5 Å². The molecule has 7 nitrogen and oxygen atoms in total. The van der Waals surface area contributed by atoms with Crippen LogP contribution in [-0.2, 0) is 11.3 Å². The molecule has 0 radical (unpaired) electrons. The number of benzene rings is 2. The molecule has 0 aliphatic carbocycles. The fraction of sp³-hybridized carbons (Fsp3) is 0.375. The van der Waals surface area contributed by atoms with E-state index in [-0.39, 0.29) is 5.43 Å². The molecular formula is C24H27NO6. The van der Waals surface area contributed by atoms with E-state index in [1.165, 1.54) is 0 Å². The second-order valence-corrected chi connectivity index (χ2v) is 7.52. The van der Waals surface area contributed by atoms with E-state index in [9.17, 15) is 4.79 Å². The monoisotopic (exact) mass is 425 g/mol. The molecule has 4 rings (SSSR count). The van der Waals surface area contributed by atoms with Gasteiger partial charge < -0.3 is 23.4 Å². The molecule has 31 heavy (non-hydrogen) atoms. The van der Waals surface area contributed by atoms with Crippen LogP contribution < -0.4 is 19.6 Å². The summed E-state index contributed by atoms with van der Waals surface area (Å²) < 4.78 is 28.0. The standard InChI is InChI=1S/C24H27NO6/c1-15-22(16-6-8-20(28-3)21(12-16)29-4)23(26)17-7-9-19-18(24(17)31-15)13-25(14-30-19)10-5-11-27-2/h6-9,12H,5,10-11,13-14H2,1-4H3. The average Bonchev–Trinajstić information content (AvgIpc) is 2.79. The van der Waals surface area contributed by atoms with E-state index in [1.807, 2.05) is 19.1 Å². The minimum absolute atomic E-state index is 0.0784. The summed E-state index contributed by atoms with van der Waals surface area (Å²) in [6, 6.07) is 9.06. The van der Waals surface area contributed by atoms with Crippen molar-refractivity contribution in [1.82, 2.24) is 4.90 Å². The van der Waals surface area contributed by atoms with Gasteiger partial charge in [-0.2, -0.15) is 0 Å². The maximum Gasteiger partial charge on any atom is 0.200 e. The zero-order chi connectivity index (χ0) is 22.0. The summed E-state index contributed by atoms with van der Waals surface area (Å²) in [5.74, 6) is 2.48. The molecule has 7 heteroatoms. The number of nitrogens with zero attached hydrogens (tertiary/aromatic N) is 1. The van der Waals surface area contributed by atoms with Crippen molar-refractivity contribution in [2.24, 2.45) is 0 Å². The molecular weight excluding hydrogens is 398 g/mol. The highest BCUT2D eigenvalue weighted by atomic mass is 16.5. The summed E-state index contributed by atoms with van der Waals surface area (Å²) in [4.78, 5) is 15.7. The van der Waals surface area contributed by atoms with Gasteiger partial charge in [-0.1, -0.05) is 6.07 Å². The van der Waals surface area contributed by atoms with Crippen molar-refractivity contribution in [2.75, 3.05) is 41.2 Å². The van der Waals surface area contributed by atoms with Crippen LogP contribution in [0.25, 0.3) is 22.1 Å². The Bertz CT molecular complexity index is 1150. The average molecular weight is 425 g/mol. The first kappa shape index (κ1) is 21.2. The van der Waals surface area contributed by atoms with Gasteiger partial charge in [-0.05, 0) is 43.2 Å². The lowest BCUT2D eigenvalue weighted by molar-refractivity contribution is 0.0838. The summed E-state index contributed by atoms with van der Waals surface area (Å²) in [6.07, 6.45) is 0.909. The molecule has 3 aromatic rings. The Morgan fingerprint density at radius 2 is 1.87 bits per heavy atom. The van der Waals surface area contributed by atoms with Crippen LogP contribution in [0.2, 0.25) is 0 Å². The number of hydrogen-bond acceptors (Lipinski definition) is 7. The summed E-state index contributed by atoms with van der Waals surface area (Å²) in [6.45, 7) is 4.52. The number of hydrogen-bond donors (Lipinski definition) is 0. The minimum Gasteiger partial charge on any atom is -0.493 e. The van der Waals surface area contributed by atoms with Crippen molar-refractivity contribution in [3.05, 3.63) is 51.9 Å². The van der Waals surface area contributed by atoms with Gasteiger partial charge in [0, 0.05) is 26.8 Å². The molecule has 0 fully saturated rings. The lowest BCUT2D eigenvalue weighted by atomic mass is 10.00. The maximum atomic E-state index is 13.5. The molecule has 0 amide bonds. The number of ether oxygens (including phenoxy) is 4. The van der Waals surface area contributed by atoms with E-state index in [0.29, 0.717) is 53.7 Å². The van der Waals surface area contributed by atoms with Crippen molar-refractivity contribution >= 4 is 11.0 Å². The molecule has 0 unspecified atom stereocenters. The molecule has 1 aromatic heterocycles. The SMILES string of the molecule is COCCCN1COc2ccc3c(=O)c(-c4ccc(OC)c(OC)c4)c(C)oc3c2C1. The fourth-order valence-corrected chi connectivity index (χ4v) is 4.02. The predicted octanol–water partition coefficient (Wildman–Crippen LogP) is 3.97. The van der Waals surface area contributed by atoms with Gasteiger partial charge in [0.1, 0.15) is 23.8 Å². The van der Waals surface area contributed by atoms with Crippen molar-refractivity contribution in [3.63, 3.8) is 0 Å². The van der Waals surface area contributed by atoms with Crippen LogP contribution in [0.15, 0.2) is 39.5 Å². The Kier molecular flexibility index (Phi) is 6.15. The Labute approximate surface area is 181 Å². The molecule has 0 saturated heterocycles. The van der Waals surface area contributed by atoms with Crippen molar-refractivity contribution in [2.45, 2.75) is 19.9 Å². The Hall–Kier alpha value is -3.03. The molecule has 1 aliphatic rings. The van der Waals surface area contributed by atoms with Crippen LogP contribution in [0, 0.1) is 6.92 Å². The molecule has 164 valence electrons.